The molecule has 0 heterocycles. The molecule has 0 atom stereocenters. The third-order valence-corrected chi connectivity index (χ3v) is 0.762. The minimum atomic E-state index is -0.306. The van der Waals surface area contributed by atoms with E-state index in [1.165, 1.54) is 6.42 Å². The van der Waals surface area contributed by atoms with Gasteiger partial charge in [0.2, 0.25) is 0 Å². The van der Waals surface area contributed by atoms with Crippen molar-refractivity contribution in [2.75, 3.05) is 6.61 Å². The van der Waals surface area contributed by atoms with Crippen LogP contribution in [0.1, 0.15) is 26.2 Å². The van der Waals surface area contributed by atoms with Gasteiger partial charge in [-0.3, -0.25) is 0 Å². The predicted octanol–water partition coefficient (Wildman–Crippen LogP) is 2.17. The number of unbranched alkanes of at least 4 members (excludes halogenated alkanes) is 2. The Balaban J connectivity index is 0. The quantitative estimate of drug-likeness (QED) is 0.528. The van der Waals surface area contributed by atoms with Crippen molar-refractivity contribution in [2.24, 2.45) is 0 Å². The van der Waals surface area contributed by atoms with Crippen molar-refractivity contribution in [3.05, 3.63) is 0 Å². The van der Waals surface area contributed by atoms with Crippen molar-refractivity contribution in [3.63, 3.8) is 0 Å². The normalized spacial score (nSPS) is 7.56. The fraction of sp³-hybridized carbons (Fsp3) is 1.00. The lowest BCUT2D eigenvalue weighted by Gasteiger charge is -1.85. The SMILES string of the molecule is CCCCCO.[Cl][Al][Cl]. The Bertz CT molecular complexity index is 34.1. The number of aliphatic hydroxyl groups excluding tert-OH is 1. The molecular formula is C5H12AlCl2O. The second-order valence-corrected chi connectivity index (χ2v) is 3.66. The van der Waals surface area contributed by atoms with Crippen LogP contribution in [0.25, 0.3) is 0 Å². The van der Waals surface area contributed by atoms with Crippen molar-refractivity contribution in [3.8, 4) is 0 Å². The molecule has 0 aromatic rings. The highest BCUT2D eigenvalue weighted by molar-refractivity contribution is 7.22. The molecule has 1 N–H and O–H groups in total. The van der Waals surface area contributed by atoms with Crippen LogP contribution in [0.2, 0.25) is 0 Å². The fourth-order valence-corrected chi connectivity index (χ4v) is 0.362. The summed E-state index contributed by atoms with van der Waals surface area (Å²) in [6.07, 6.45) is 3.33. The molecule has 0 fully saturated rings. The average molecular weight is 186 g/mol. The fourth-order valence-electron chi connectivity index (χ4n) is 0.362. The maximum absolute atomic E-state index is 8.20. The summed E-state index contributed by atoms with van der Waals surface area (Å²) in [7, 11) is 9.69. The van der Waals surface area contributed by atoms with Gasteiger partial charge in [0.05, 0.1) is 0 Å². The topological polar surface area (TPSA) is 20.2 Å². The Kier molecular flexibility index (Phi) is 22.7. The second-order valence-electron chi connectivity index (χ2n) is 1.51. The molecule has 0 spiro atoms. The molecule has 0 bridgehead atoms. The van der Waals surface area contributed by atoms with E-state index in [1.807, 2.05) is 0 Å². The highest BCUT2D eigenvalue weighted by Gasteiger charge is 1.76. The number of halogens is 2. The largest absolute Gasteiger partial charge is 0.495 e. The van der Waals surface area contributed by atoms with Gasteiger partial charge in [0.25, 0.3) is 0 Å². The lowest BCUT2D eigenvalue weighted by Crippen LogP contribution is -1.78. The van der Waals surface area contributed by atoms with E-state index in [4.69, 9.17) is 25.2 Å². The molecule has 0 aromatic carbocycles. The van der Waals surface area contributed by atoms with Crippen molar-refractivity contribution in [2.45, 2.75) is 26.2 Å². The summed E-state index contributed by atoms with van der Waals surface area (Å²) in [6.45, 7) is 2.48. The van der Waals surface area contributed by atoms with Gasteiger partial charge in [-0.25, -0.2) is 20.1 Å². The third kappa shape index (κ3) is 27.4. The summed E-state index contributed by atoms with van der Waals surface area (Å²) in [5.41, 5.74) is 0. The smallest absolute Gasteiger partial charge is 0.396 e. The number of aliphatic hydroxyl groups is 1. The molecule has 0 saturated heterocycles. The van der Waals surface area contributed by atoms with Crippen molar-refractivity contribution < 1.29 is 5.11 Å². The second kappa shape index (κ2) is 16.0. The molecule has 0 aliphatic heterocycles. The molecule has 9 heavy (non-hydrogen) atoms. The zero-order chi connectivity index (χ0) is 7.54. The first-order valence-corrected chi connectivity index (χ1v) is 6.45. The van der Waals surface area contributed by atoms with Gasteiger partial charge in [-0.2, -0.15) is 0 Å². The lowest BCUT2D eigenvalue weighted by atomic mass is 10.3. The first kappa shape index (κ1) is 12.7. The summed E-state index contributed by atoms with van der Waals surface area (Å²) in [5, 5.41) is 8.20. The van der Waals surface area contributed by atoms with Crippen LogP contribution in [-0.4, -0.2) is 25.1 Å². The third-order valence-electron chi connectivity index (χ3n) is 0.762. The van der Waals surface area contributed by atoms with Crippen LogP contribution < -0.4 is 0 Å². The summed E-state index contributed by atoms with van der Waals surface area (Å²) in [5.74, 6) is 0. The van der Waals surface area contributed by atoms with E-state index in [2.05, 4.69) is 6.92 Å². The molecule has 1 radical (unpaired) electrons. The van der Waals surface area contributed by atoms with Gasteiger partial charge in [-0.15, -0.1) is 0 Å². The van der Waals surface area contributed by atoms with Crippen molar-refractivity contribution in [1.82, 2.24) is 0 Å². The molecule has 0 unspecified atom stereocenters. The molecule has 0 aromatic heterocycles. The van der Waals surface area contributed by atoms with Gasteiger partial charge in [0.15, 0.2) is 0 Å². The average Bonchev–Trinajstić information content (AvgIpc) is 1.86. The van der Waals surface area contributed by atoms with Crippen LogP contribution in [0.15, 0.2) is 0 Å². The van der Waals surface area contributed by atoms with Crippen LogP contribution >= 0.6 is 20.1 Å². The number of rotatable bonds is 3. The standard InChI is InChI=1S/C5H12O.Al.2ClH/c1-2-3-4-5-6;;;/h6H,2-5H2,1H3;;2*1H/q;+2;;/p-2. The number of hydrogen-bond donors (Lipinski definition) is 1. The first-order valence-electron chi connectivity index (χ1n) is 2.96. The van der Waals surface area contributed by atoms with Crippen LogP contribution in [0.4, 0.5) is 0 Å². The molecule has 0 aliphatic carbocycles. The summed E-state index contributed by atoms with van der Waals surface area (Å²) >= 11 is -0.306. The van der Waals surface area contributed by atoms with Crippen LogP contribution in [0, 0.1) is 0 Å². The lowest BCUT2D eigenvalue weighted by molar-refractivity contribution is 0.284. The van der Waals surface area contributed by atoms with E-state index in [-0.39, 0.29) is 13.4 Å². The maximum atomic E-state index is 8.20. The Morgan fingerprint density at radius 2 is 1.78 bits per heavy atom. The molecular weight excluding hydrogens is 174 g/mol. The van der Waals surface area contributed by atoms with E-state index in [9.17, 15) is 0 Å². The molecule has 0 rings (SSSR count). The molecule has 0 amide bonds. The van der Waals surface area contributed by atoms with Gasteiger partial charge >= 0.3 is 13.4 Å². The van der Waals surface area contributed by atoms with Gasteiger partial charge in [-0.05, 0) is 6.42 Å². The zero-order valence-corrected chi connectivity index (χ0v) is 8.28. The summed E-state index contributed by atoms with van der Waals surface area (Å²) < 4.78 is 0. The van der Waals surface area contributed by atoms with Gasteiger partial charge < -0.3 is 5.11 Å². The molecule has 1 nitrogen and oxygen atoms in total. The maximum Gasteiger partial charge on any atom is 0.495 e. The van der Waals surface area contributed by atoms with Crippen molar-refractivity contribution >= 4 is 33.5 Å². The van der Waals surface area contributed by atoms with Crippen LogP contribution in [0.3, 0.4) is 0 Å². The van der Waals surface area contributed by atoms with Gasteiger partial charge in [0.1, 0.15) is 0 Å². The molecule has 4 heteroatoms. The Labute approximate surface area is 71.5 Å². The highest BCUT2D eigenvalue weighted by Crippen LogP contribution is 1.89. The van der Waals surface area contributed by atoms with E-state index in [0.29, 0.717) is 6.61 Å². The monoisotopic (exact) mass is 185 g/mol. The highest BCUT2D eigenvalue weighted by atomic mass is 35.7. The van der Waals surface area contributed by atoms with E-state index in [0.717, 1.165) is 12.8 Å². The molecule has 0 aliphatic rings. The summed E-state index contributed by atoms with van der Waals surface area (Å²) in [4.78, 5) is 0. The Hall–Kier alpha value is 1.07. The Morgan fingerprint density at radius 1 is 1.33 bits per heavy atom. The predicted molar refractivity (Wildman–Crippen MR) is 44.1 cm³/mol. The number of hydrogen-bond acceptors (Lipinski definition) is 1. The molecule has 0 saturated carbocycles. The summed E-state index contributed by atoms with van der Waals surface area (Å²) in [6, 6.07) is 0. The van der Waals surface area contributed by atoms with Crippen molar-refractivity contribution in [1.29, 1.82) is 0 Å². The van der Waals surface area contributed by atoms with Crippen LogP contribution in [-0.2, 0) is 0 Å². The van der Waals surface area contributed by atoms with E-state index >= 15 is 0 Å². The minimum Gasteiger partial charge on any atom is -0.396 e. The van der Waals surface area contributed by atoms with Gasteiger partial charge in [-0.1, -0.05) is 19.8 Å². The molecule has 55 valence electrons. The van der Waals surface area contributed by atoms with Crippen LogP contribution in [0.5, 0.6) is 0 Å². The van der Waals surface area contributed by atoms with Gasteiger partial charge in [0, 0.05) is 6.61 Å². The first-order chi connectivity index (χ1) is 4.33. The Morgan fingerprint density at radius 3 is 1.89 bits per heavy atom. The van der Waals surface area contributed by atoms with E-state index < -0.39 is 0 Å². The minimum absolute atomic E-state index is 0.306. The zero-order valence-electron chi connectivity index (χ0n) is 5.61. The van der Waals surface area contributed by atoms with E-state index in [1.54, 1.807) is 0 Å².